The van der Waals surface area contributed by atoms with Gasteiger partial charge in [0.1, 0.15) is 29.1 Å². The highest BCUT2D eigenvalue weighted by Crippen LogP contribution is 2.27. The Labute approximate surface area is 179 Å². The zero-order valence-electron chi connectivity index (χ0n) is 17.6. The molecular formula is C21H24FN9. The minimum absolute atomic E-state index is 0.00205. The van der Waals surface area contributed by atoms with Gasteiger partial charge in [-0.05, 0) is 26.0 Å². The van der Waals surface area contributed by atoms with Gasteiger partial charge >= 0.3 is 0 Å². The lowest BCUT2D eigenvalue weighted by atomic mass is 10.1. The molecule has 9 nitrogen and oxygen atoms in total. The van der Waals surface area contributed by atoms with E-state index in [9.17, 15) is 9.65 Å². The normalized spacial score (nSPS) is 19.6. The Morgan fingerprint density at radius 1 is 1.29 bits per heavy atom. The highest BCUT2D eigenvalue weighted by atomic mass is 19.1. The summed E-state index contributed by atoms with van der Waals surface area (Å²) in [6, 6.07) is 7.28. The van der Waals surface area contributed by atoms with Crippen LogP contribution in [-0.2, 0) is 7.05 Å². The fourth-order valence-corrected chi connectivity index (χ4v) is 4.04. The highest BCUT2D eigenvalue weighted by molar-refractivity contribution is 6.05. The van der Waals surface area contributed by atoms with Gasteiger partial charge in [-0.25, -0.2) is 14.4 Å². The number of fused-ring (bicyclic) bond motifs is 1. The number of benzene rings is 1. The van der Waals surface area contributed by atoms with Crippen LogP contribution in [0.25, 0.3) is 10.9 Å². The summed E-state index contributed by atoms with van der Waals surface area (Å²) in [6.07, 6.45) is 1.69. The van der Waals surface area contributed by atoms with Crippen LogP contribution in [0.3, 0.4) is 0 Å². The first-order chi connectivity index (χ1) is 14.7. The topological polar surface area (TPSA) is 134 Å². The first-order valence-electron chi connectivity index (χ1n) is 9.94. The van der Waals surface area contributed by atoms with Crippen molar-refractivity contribution in [1.82, 2.24) is 20.1 Å². The van der Waals surface area contributed by atoms with Crippen molar-refractivity contribution >= 4 is 34.1 Å². The molecule has 0 amide bonds. The van der Waals surface area contributed by atoms with Gasteiger partial charge in [-0.1, -0.05) is 0 Å². The van der Waals surface area contributed by atoms with Crippen LogP contribution in [0.15, 0.2) is 29.4 Å². The quantitative estimate of drug-likeness (QED) is 0.433. The van der Waals surface area contributed by atoms with Crippen molar-refractivity contribution in [1.29, 1.82) is 5.26 Å². The maximum Gasteiger partial charge on any atom is 0.153 e. The molecule has 31 heavy (non-hydrogen) atoms. The molecule has 0 saturated carbocycles. The molecule has 0 radical (unpaired) electrons. The van der Waals surface area contributed by atoms with Crippen LogP contribution < -0.4 is 21.7 Å². The van der Waals surface area contributed by atoms with E-state index in [4.69, 9.17) is 11.5 Å². The van der Waals surface area contributed by atoms with Crippen molar-refractivity contribution in [2.75, 3.05) is 23.7 Å². The van der Waals surface area contributed by atoms with E-state index in [1.54, 1.807) is 25.4 Å². The molecule has 3 aromatic rings. The van der Waals surface area contributed by atoms with Gasteiger partial charge in [0.05, 0.1) is 16.8 Å². The van der Waals surface area contributed by atoms with E-state index in [1.165, 1.54) is 10.7 Å². The molecule has 2 unspecified atom stereocenters. The lowest BCUT2D eigenvalue weighted by Crippen LogP contribution is -2.54. The maximum atomic E-state index is 14.4. The number of hydrogen-bond acceptors (Lipinski definition) is 7. The number of anilines is 2. The van der Waals surface area contributed by atoms with Crippen LogP contribution in [0.4, 0.5) is 21.7 Å². The number of hydrogen-bond donors (Lipinski definition) is 3. The van der Waals surface area contributed by atoms with Gasteiger partial charge in [-0.15, -0.1) is 0 Å². The van der Waals surface area contributed by atoms with Crippen LogP contribution in [0.1, 0.15) is 25.0 Å². The second-order valence-electron chi connectivity index (χ2n) is 7.94. The number of nitrogens with one attached hydrogen (secondary N) is 1. The molecule has 4 rings (SSSR count). The van der Waals surface area contributed by atoms with E-state index in [0.717, 1.165) is 13.1 Å². The number of nitrogens with zero attached hydrogens (tertiary/aromatic N) is 6. The summed E-state index contributed by atoms with van der Waals surface area (Å²) in [5.41, 5.74) is 13.5. The van der Waals surface area contributed by atoms with Crippen LogP contribution in [0, 0.1) is 17.1 Å². The van der Waals surface area contributed by atoms with Crippen LogP contribution in [0.2, 0.25) is 0 Å². The number of rotatable bonds is 3. The van der Waals surface area contributed by atoms with E-state index in [2.05, 4.69) is 45.2 Å². The number of nitrogens with two attached hydrogens (primary N) is 2. The standard InChI is InChI=1S/C21H24FN9/c1-11-8-31(9-12(2)26-11)17-5-13(7-23)18(21(25)28-17)20(24)27-15-4-14-10-30(3)29-19(14)16(22)6-15/h4-6,10-12,26H,8-9H2,1-3H3,(H2,24,27)(H2,25,28). The Balaban J connectivity index is 1.73. The fourth-order valence-electron chi connectivity index (χ4n) is 4.04. The lowest BCUT2D eigenvalue weighted by Gasteiger charge is -2.37. The molecule has 160 valence electrons. The number of aryl methyl sites for hydroxylation is 1. The third-order valence-corrected chi connectivity index (χ3v) is 5.20. The number of piperazine rings is 1. The SMILES string of the molecule is CC1CN(c2cc(C#N)c(C(N)=Nc3cc(F)c4nn(C)cc4c3)c(N)n2)CC(C)N1. The molecule has 1 aromatic carbocycles. The zero-order chi connectivity index (χ0) is 22.3. The van der Waals surface area contributed by atoms with Crippen molar-refractivity contribution in [3.63, 3.8) is 0 Å². The summed E-state index contributed by atoms with van der Waals surface area (Å²) >= 11 is 0. The summed E-state index contributed by atoms with van der Waals surface area (Å²) in [5, 5.41) is 17.9. The number of amidine groups is 1. The van der Waals surface area contributed by atoms with Gasteiger partial charge in [0.25, 0.3) is 0 Å². The zero-order valence-corrected chi connectivity index (χ0v) is 17.6. The van der Waals surface area contributed by atoms with Crippen LogP contribution >= 0.6 is 0 Å². The van der Waals surface area contributed by atoms with Gasteiger partial charge in [0, 0.05) is 49.9 Å². The second-order valence-corrected chi connectivity index (χ2v) is 7.94. The average molecular weight is 421 g/mol. The van der Waals surface area contributed by atoms with E-state index >= 15 is 0 Å². The molecule has 10 heteroatoms. The third-order valence-electron chi connectivity index (χ3n) is 5.20. The maximum absolute atomic E-state index is 14.4. The summed E-state index contributed by atoms with van der Waals surface area (Å²) < 4.78 is 15.9. The molecule has 1 aliphatic rings. The minimum atomic E-state index is -0.506. The average Bonchev–Trinajstić information content (AvgIpc) is 3.07. The fraction of sp³-hybridized carbons (Fsp3) is 0.333. The van der Waals surface area contributed by atoms with Crippen molar-refractivity contribution in [3.05, 3.63) is 41.3 Å². The highest BCUT2D eigenvalue weighted by Gasteiger charge is 2.24. The van der Waals surface area contributed by atoms with Crippen molar-refractivity contribution in [3.8, 4) is 6.07 Å². The van der Waals surface area contributed by atoms with Gasteiger partial charge in [0.2, 0.25) is 0 Å². The molecule has 2 aromatic heterocycles. The predicted molar refractivity (Wildman–Crippen MR) is 119 cm³/mol. The number of aromatic nitrogens is 3. The molecule has 2 atom stereocenters. The van der Waals surface area contributed by atoms with E-state index < -0.39 is 5.82 Å². The summed E-state index contributed by atoms with van der Waals surface area (Å²) in [5.74, 6) is 0.219. The van der Waals surface area contributed by atoms with E-state index in [1.807, 2.05) is 0 Å². The molecule has 1 saturated heterocycles. The summed E-state index contributed by atoms with van der Waals surface area (Å²) in [4.78, 5) is 10.9. The Bertz CT molecular complexity index is 1210. The van der Waals surface area contributed by atoms with Gasteiger partial charge in [-0.3, -0.25) is 4.68 Å². The molecule has 0 aliphatic carbocycles. The number of nitriles is 1. The van der Waals surface area contributed by atoms with Crippen LogP contribution in [0.5, 0.6) is 0 Å². The first-order valence-corrected chi connectivity index (χ1v) is 9.94. The summed E-state index contributed by atoms with van der Waals surface area (Å²) in [6.45, 7) is 5.67. The lowest BCUT2D eigenvalue weighted by molar-refractivity contribution is 0.405. The van der Waals surface area contributed by atoms with Crippen molar-refractivity contribution < 1.29 is 4.39 Å². The molecule has 1 aliphatic heterocycles. The number of nitrogen functional groups attached to an aromatic ring is 1. The van der Waals surface area contributed by atoms with Crippen molar-refractivity contribution in [2.24, 2.45) is 17.8 Å². The molecule has 3 heterocycles. The van der Waals surface area contributed by atoms with Crippen molar-refractivity contribution in [2.45, 2.75) is 25.9 Å². The number of aliphatic imine (C=N–C) groups is 1. The van der Waals surface area contributed by atoms with E-state index in [-0.39, 0.29) is 40.4 Å². The summed E-state index contributed by atoms with van der Waals surface area (Å²) in [7, 11) is 1.71. The Kier molecular flexibility index (Phi) is 5.20. The van der Waals surface area contributed by atoms with Gasteiger partial charge < -0.3 is 21.7 Å². The molecule has 0 spiro atoms. The first kappa shape index (κ1) is 20.6. The predicted octanol–water partition coefficient (Wildman–Crippen LogP) is 1.78. The second kappa shape index (κ2) is 7.85. The third kappa shape index (κ3) is 4.00. The molecule has 0 bridgehead atoms. The number of halogens is 1. The molecule has 1 fully saturated rings. The largest absolute Gasteiger partial charge is 0.383 e. The van der Waals surface area contributed by atoms with Gasteiger partial charge in [-0.2, -0.15) is 10.4 Å². The minimum Gasteiger partial charge on any atom is -0.383 e. The Morgan fingerprint density at radius 3 is 2.68 bits per heavy atom. The van der Waals surface area contributed by atoms with E-state index in [0.29, 0.717) is 16.9 Å². The van der Waals surface area contributed by atoms with Gasteiger partial charge in [0.15, 0.2) is 5.82 Å². The molecule has 5 N–H and O–H groups in total. The smallest absolute Gasteiger partial charge is 0.153 e. The van der Waals surface area contributed by atoms with Crippen LogP contribution in [-0.4, -0.2) is 45.8 Å². The Morgan fingerprint density at radius 2 is 2.00 bits per heavy atom. The Hall–Kier alpha value is -3.71. The molecular weight excluding hydrogens is 397 g/mol. The number of pyridine rings is 1. The monoisotopic (exact) mass is 421 g/mol.